The van der Waals surface area contributed by atoms with Gasteiger partial charge in [0.1, 0.15) is 12.1 Å². The van der Waals surface area contributed by atoms with Gasteiger partial charge in [-0.25, -0.2) is 0 Å². The summed E-state index contributed by atoms with van der Waals surface area (Å²) >= 11 is 0. The van der Waals surface area contributed by atoms with Gasteiger partial charge >= 0.3 is 0 Å². The van der Waals surface area contributed by atoms with Gasteiger partial charge < -0.3 is 4.79 Å². The molecule has 0 atom stereocenters. The first-order valence-electron chi connectivity index (χ1n) is 5.22. The van der Waals surface area contributed by atoms with E-state index in [0.29, 0.717) is 0 Å². The lowest BCUT2D eigenvalue weighted by atomic mass is 9.63. The lowest BCUT2D eigenvalue weighted by Gasteiger charge is -2.40. The van der Waals surface area contributed by atoms with Crippen LogP contribution in [0.2, 0.25) is 0 Å². The summed E-state index contributed by atoms with van der Waals surface area (Å²) in [6.45, 7) is 2.14. The molecule has 1 saturated carbocycles. The molecule has 0 aromatic heterocycles. The molecule has 2 heteroatoms. The molecule has 1 fully saturated rings. The Hall–Kier alpha value is -0.660. The molecular formula is C11H18O2. The third kappa shape index (κ3) is 2.17. The van der Waals surface area contributed by atoms with Crippen LogP contribution in [0.1, 0.15) is 51.9 Å². The van der Waals surface area contributed by atoms with E-state index < -0.39 is 0 Å². The minimum Gasteiger partial charge on any atom is -0.303 e. The summed E-state index contributed by atoms with van der Waals surface area (Å²) in [4.78, 5) is 21.9. The highest BCUT2D eigenvalue weighted by molar-refractivity contribution is 5.94. The molecule has 0 aromatic carbocycles. The average molecular weight is 182 g/mol. The van der Waals surface area contributed by atoms with E-state index in [4.69, 9.17) is 0 Å². The smallest absolute Gasteiger partial charge is 0.146 e. The van der Waals surface area contributed by atoms with Crippen molar-refractivity contribution in [2.45, 2.75) is 51.9 Å². The standard InChI is InChI=1S/C11H18O2/c1-2-3-6-11(7-4-8-11)10(13)5-9-12/h9H,2-8H2,1H3. The maximum absolute atomic E-state index is 11.6. The third-order valence-corrected chi connectivity index (χ3v) is 3.18. The van der Waals surface area contributed by atoms with E-state index in [-0.39, 0.29) is 17.6 Å². The Kier molecular flexibility index (Phi) is 3.64. The first-order valence-corrected chi connectivity index (χ1v) is 5.22. The van der Waals surface area contributed by atoms with Crippen molar-refractivity contribution in [2.75, 3.05) is 0 Å². The van der Waals surface area contributed by atoms with Gasteiger partial charge in [0.05, 0.1) is 6.42 Å². The number of ketones is 1. The minimum absolute atomic E-state index is 0.0864. The van der Waals surface area contributed by atoms with Gasteiger partial charge in [-0.05, 0) is 19.3 Å². The van der Waals surface area contributed by atoms with Crippen LogP contribution in [0.25, 0.3) is 0 Å². The molecule has 2 nitrogen and oxygen atoms in total. The topological polar surface area (TPSA) is 34.1 Å². The molecular weight excluding hydrogens is 164 g/mol. The summed E-state index contributed by atoms with van der Waals surface area (Å²) in [7, 11) is 0. The number of hydrogen-bond acceptors (Lipinski definition) is 2. The second-order valence-corrected chi connectivity index (χ2v) is 4.03. The van der Waals surface area contributed by atoms with Gasteiger partial charge in [0.2, 0.25) is 0 Å². The number of Topliss-reactive ketones (excluding diaryl/α,β-unsaturated/α-hetero) is 1. The molecule has 0 heterocycles. The Bertz CT molecular complexity index is 192. The molecule has 0 aliphatic heterocycles. The third-order valence-electron chi connectivity index (χ3n) is 3.18. The lowest BCUT2D eigenvalue weighted by Crippen LogP contribution is -2.38. The zero-order valence-electron chi connectivity index (χ0n) is 8.34. The predicted molar refractivity (Wildman–Crippen MR) is 51.5 cm³/mol. The van der Waals surface area contributed by atoms with Crippen LogP contribution >= 0.6 is 0 Å². The van der Waals surface area contributed by atoms with Crippen LogP contribution in [0.15, 0.2) is 0 Å². The van der Waals surface area contributed by atoms with Crippen molar-refractivity contribution in [2.24, 2.45) is 5.41 Å². The molecule has 0 amide bonds. The van der Waals surface area contributed by atoms with Crippen molar-refractivity contribution in [1.29, 1.82) is 0 Å². The van der Waals surface area contributed by atoms with Gasteiger partial charge in [-0.1, -0.05) is 26.2 Å². The van der Waals surface area contributed by atoms with Crippen molar-refractivity contribution in [1.82, 2.24) is 0 Å². The molecule has 0 radical (unpaired) electrons. The molecule has 1 aliphatic rings. The molecule has 0 unspecified atom stereocenters. The van der Waals surface area contributed by atoms with Gasteiger partial charge in [-0.3, -0.25) is 4.79 Å². The molecule has 0 saturated heterocycles. The van der Waals surface area contributed by atoms with E-state index in [0.717, 1.165) is 44.8 Å². The summed E-state index contributed by atoms with van der Waals surface area (Å²) in [6.07, 6.45) is 7.31. The second-order valence-electron chi connectivity index (χ2n) is 4.03. The maximum atomic E-state index is 11.6. The van der Waals surface area contributed by atoms with Crippen LogP contribution < -0.4 is 0 Å². The van der Waals surface area contributed by atoms with Gasteiger partial charge in [0, 0.05) is 5.41 Å². The Morgan fingerprint density at radius 3 is 2.54 bits per heavy atom. The second kappa shape index (κ2) is 4.54. The van der Waals surface area contributed by atoms with Crippen LogP contribution in [0.5, 0.6) is 0 Å². The van der Waals surface area contributed by atoms with Crippen LogP contribution in [0.4, 0.5) is 0 Å². The fraction of sp³-hybridized carbons (Fsp3) is 0.818. The first-order chi connectivity index (χ1) is 6.25. The normalized spacial score (nSPS) is 19.2. The number of hydrogen-bond donors (Lipinski definition) is 0. The van der Waals surface area contributed by atoms with E-state index in [2.05, 4.69) is 6.92 Å². The quantitative estimate of drug-likeness (QED) is 0.467. The van der Waals surface area contributed by atoms with Crippen molar-refractivity contribution < 1.29 is 9.59 Å². The monoisotopic (exact) mass is 182 g/mol. The lowest BCUT2D eigenvalue weighted by molar-refractivity contribution is -0.135. The summed E-state index contributed by atoms with van der Waals surface area (Å²) in [5, 5.41) is 0. The van der Waals surface area contributed by atoms with Crippen molar-refractivity contribution in [3.8, 4) is 0 Å². The van der Waals surface area contributed by atoms with Gasteiger partial charge in [0.15, 0.2) is 0 Å². The van der Waals surface area contributed by atoms with Crippen molar-refractivity contribution in [3.63, 3.8) is 0 Å². The van der Waals surface area contributed by atoms with E-state index in [9.17, 15) is 9.59 Å². The van der Waals surface area contributed by atoms with Crippen LogP contribution in [0, 0.1) is 5.41 Å². The highest BCUT2D eigenvalue weighted by atomic mass is 16.1. The van der Waals surface area contributed by atoms with Crippen molar-refractivity contribution >= 4 is 12.1 Å². The van der Waals surface area contributed by atoms with Crippen LogP contribution in [-0.4, -0.2) is 12.1 Å². The molecule has 0 N–H and O–H groups in total. The number of carbonyl (C=O) groups is 2. The van der Waals surface area contributed by atoms with Crippen LogP contribution in [0.3, 0.4) is 0 Å². The Balaban J connectivity index is 2.47. The molecule has 13 heavy (non-hydrogen) atoms. The zero-order chi connectivity index (χ0) is 9.73. The maximum Gasteiger partial charge on any atom is 0.146 e. The number of carbonyl (C=O) groups excluding carboxylic acids is 2. The summed E-state index contributed by atoms with van der Waals surface area (Å²) in [6, 6.07) is 0. The minimum atomic E-state index is -0.0864. The molecule has 0 bridgehead atoms. The SMILES string of the molecule is CCCCC1(C(=O)CC=O)CCC1. The van der Waals surface area contributed by atoms with E-state index in [1.54, 1.807) is 0 Å². The van der Waals surface area contributed by atoms with Gasteiger partial charge in [-0.15, -0.1) is 0 Å². The summed E-state index contributed by atoms with van der Waals surface area (Å²) < 4.78 is 0. The Morgan fingerprint density at radius 2 is 2.15 bits per heavy atom. The average Bonchev–Trinajstić information content (AvgIpc) is 2.03. The Morgan fingerprint density at radius 1 is 1.46 bits per heavy atom. The molecule has 1 rings (SSSR count). The summed E-state index contributed by atoms with van der Waals surface area (Å²) in [5.41, 5.74) is -0.0864. The molecule has 1 aliphatic carbocycles. The van der Waals surface area contributed by atoms with E-state index >= 15 is 0 Å². The predicted octanol–water partition coefficient (Wildman–Crippen LogP) is 2.51. The number of unbranched alkanes of at least 4 members (excludes halogenated alkanes) is 1. The highest BCUT2D eigenvalue weighted by Gasteiger charge is 2.42. The van der Waals surface area contributed by atoms with Crippen LogP contribution in [-0.2, 0) is 9.59 Å². The first kappa shape index (κ1) is 10.4. The highest BCUT2D eigenvalue weighted by Crippen LogP contribution is 2.46. The summed E-state index contributed by atoms with van der Waals surface area (Å²) in [5.74, 6) is 0.183. The van der Waals surface area contributed by atoms with Gasteiger partial charge in [0.25, 0.3) is 0 Å². The fourth-order valence-corrected chi connectivity index (χ4v) is 2.08. The Labute approximate surface area is 79.7 Å². The molecule has 74 valence electrons. The van der Waals surface area contributed by atoms with E-state index in [1.165, 1.54) is 0 Å². The molecule has 0 aromatic rings. The zero-order valence-corrected chi connectivity index (χ0v) is 8.34. The fourth-order valence-electron chi connectivity index (χ4n) is 2.08. The molecule has 0 spiro atoms. The van der Waals surface area contributed by atoms with Gasteiger partial charge in [-0.2, -0.15) is 0 Å². The van der Waals surface area contributed by atoms with E-state index in [1.807, 2.05) is 0 Å². The largest absolute Gasteiger partial charge is 0.303 e. The number of aldehydes is 1. The number of rotatable bonds is 6. The van der Waals surface area contributed by atoms with Crippen molar-refractivity contribution in [3.05, 3.63) is 0 Å².